The van der Waals surface area contributed by atoms with Crippen LogP contribution in [-0.4, -0.2) is 5.78 Å². The molecule has 1 aromatic carbocycles. The average Bonchev–Trinajstić information content (AvgIpc) is 2.18. The van der Waals surface area contributed by atoms with Crippen molar-refractivity contribution in [3.63, 3.8) is 0 Å². The molecule has 0 saturated heterocycles. The molecule has 2 heteroatoms. The average molecular weight is 192 g/mol. The topological polar surface area (TPSA) is 17.1 Å². The highest BCUT2D eigenvalue weighted by Crippen LogP contribution is 2.19. The Morgan fingerprint density at radius 1 is 1.50 bits per heavy atom. The number of benzene rings is 1. The number of carbonyl (C=O) groups is 1. The first-order chi connectivity index (χ1) is 6.63. The van der Waals surface area contributed by atoms with Gasteiger partial charge >= 0.3 is 0 Å². The fraction of sp³-hybridized carbons (Fsp3) is 0.250. The van der Waals surface area contributed by atoms with Gasteiger partial charge in [-0.2, -0.15) is 0 Å². The third-order valence-corrected chi connectivity index (χ3v) is 2.17. The molecule has 14 heavy (non-hydrogen) atoms. The smallest absolute Gasteiger partial charge is 0.155 e. The SMILES string of the molecule is C=CC(=O)CC(C)c1ccc(F)cc1. The molecule has 1 nitrogen and oxygen atoms in total. The Hall–Kier alpha value is -1.44. The number of allylic oxidation sites excluding steroid dienone is 1. The van der Waals surface area contributed by atoms with Crippen molar-refractivity contribution in [2.45, 2.75) is 19.3 Å². The second kappa shape index (κ2) is 4.70. The molecule has 0 spiro atoms. The van der Waals surface area contributed by atoms with Crippen molar-refractivity contribution in [1.82, 2.24) is 0 Å². The Labute approximate surface area is 83.3 Å². The molecule has 0 heterocycles. The van der Waals surface area contributed by atoms with E-state index in [4.69, 9.17) is 0 Å². The van der Waals surface area contributed by atoms with Gasteiger partial charge < -0.3 is 0 Å². The van der Waals surface area contributed by atoms with Crippen LogP contribution in [0.25, 0.3) is 0 Å². The zero-order valence-corrected chi connectivity index (χ0v) is 8.16. The van der Waals surface area contributed by atoms with Crippen LogP contribution in [0.4, 0.5) is 4.39 Å². The number of halogens is 1. The van der Waals surface area contributed by atoms with Gasteiger partial charge in [0.05, 0.1) is 0 Å². The summed E-state index contributed by atoms with van der Waals surface area (Å²) in [6.07, 6.45) is 1.75. The lowest BCUT2D eigenvalue weighted by molar-refractivity contribution is -0.114. The molecule has 1 unspecified atom stereocenters. The van der Waals surface area contributed by atoms with E-state index >= 15 is 0 Å². The van der Waals surface area contributed by atoms with Crippen molar-refractivity contribution < 1.29 is 9.18 Å². The monoisotopic (exact) mass is 192 g/mol. The van der Waals surface area contributed by atoms with Gasteiger partial charge in [0.2, 0.25) is 0 Å². The minimum Gasteiger partial charge on any atom is -0.295 e. The number of hydrogen-bond donors (Lipinski definition) is 0. The first-order valence-electron chi connectivity index (χ1n) is 4.54. The van der Waals surface area contributed by atoms with Crippen LogP contribution in [0.15, 0.2) is 36.9 Å². The van der Waals surface area contributed by atoms with E-state index in [2.05, 4.69) is 6.58 Å². The van der Waals surface area contributed by atoms with Gasteiger partial charge in [-0.1, -0.05) is 25.6 Å². The number of rotatable bonds is 4. The lowest BCUT2D eigenvalue weighted by Crippen LogP contribution is -2.01. The van der Waals surface area contributed by atoms with E-state index in [1.54, 1.807) is 12.1 Å². The molecular formula is C12H13FO. The Morgan fingerprint density at radius 2 is 2.07 bits per heavy atom. The molecule has 1 aromatic rings. The lowest BCUT2D eigenvalue weighted by atomic mass is 9.96. The number of ketones is 1. The van der Waals surface area contributed by atoms with Crippen LogP contribution in [0.3, 0.4) is 0 Å². The lowest BCUT2D eigenvalue weighted by Gasteiger charge is -2.09. The summed E-state index contributed by atoms with van der Waals surface area (Å²) in [7, 11) is 0. The van der Waals surface area contributed by atoms with Crippen LogP contribution in [0, 0.1) is 5.82 Å². The highest BCUT2D eigenvalue weighted by atomic mass is 19.1. The quantitative estimate of drug-likeness (QED) is 0.670. The maximum Gasteiger partial charge on any atom is 0.155 e. The van der Waals surface area contributed by atoms with Crippen LogP contribution in [0.1, 0.15) is 24.8 Å². The highest BCUT2D eigenvalue weighted by molar-refractivity contribution is 5.89. The Bertz CT molecular complexity index is 327. The normalized spacial score (nSPS) is 12.1. The second-order valence-electron chi connectivity index (χ2n) is 3.33. The zero-order valence-electron chi connectivity index (χ0n) is 8.16. The van der Waals surface area contributed by atoms with E-state index in [-0.39, 0.29) is 17.5 Å². The van der Waals surface area contributed by atoms with Gasteiger partial charge in [0.25, 0.3) is 0 Å². The van der Waals surface area contributed by atoms with E-state index in [0.29, 0.717) is 6.42 Å². The molecule has 1 atom stereocenters. The minimum atomic E-state index is -0.254. The molecule has 74 valence electrons. The van der Waals surface area contributed by atoms with Crippen molar-refractivity contribution in [2.75, 3.05) is 0 Å². The first kappa shape index (κ1) is 10.6. The van der Waals surface area contributed by atoms with Gasteiger partial charge in [0.1, 0.15) is 5.82 Å². The number of carbonyl (C=O) groups excluding carboxylic acids is 1. The van der Waals surface area contributed by atoms with Gasteiger partial charge in [0, 0.05) is 6.42 Å². The van der Waals surface area contributed by atoms with E-state index in [1.807, 2.05) is 6.92 Å². The molecule has 0 N–H and O–H groups in total. The molecule has 0 amide bonds. The van der Waals surface area contributed by atoms with Gasteiger partial charge in [0.15, 0.2) is 5.78 Å². The first-order valence-corrected chi connectivity index (χ1v) is 4.54. The highest BCUT2D eigenvalue weighted by Gasteiger charge is 2.08. The van der Waals surface area contributed by atoms with Crippen molar-refractivity contribution in [2.24, 2.45) is 0 Å². The van der Waals surface area contributed by atoms with Gasteiger partial charge in [-0.3, -0.25) is 4.79 Å². The van der Waals surface area contributed by atoms with E-state index in [9.17, 15) is 9.18 Å². The maximum atomic E-state index is 12.6. The third-order valence-electron chi connectivity index (χ3n) is 2.17. The summed E-state index contributed by atoms with van der Waals surface area (Å²) < 4.78 is 12.6. The molecular weight excluding hydrogens is 179 g/mol. The molecule has 0 fully saturated rings. The molecule has 0 radical (unpaired) electrons. The van der Waals surface area contributed by atoms with Crippen molar-refractivity contribution in [1.29, 1.82) is 0 Å². The largest absolute Gasteiger partial charge is 0.295 e. The molecule has 0 bridgehead atoms. The standard InChI is InChI=1S/C12H13FO/c1-3-12(14)8-9(2)10-4-6-11(13)7-5-10/h3-7,9H,1,8H2,2H3. The summed E-state index contributed by atoms with van der Waals surface area (Å²) in [5.41, 5.74) is 0.974. The van der Waals surface area contributed by atoms with Crippen LogP contribution in [-0.2, 0) is 4.79 Å². The van der Waals surface area contributed by atoms with Crippen LogP contribution in [0.5, 0.6) is 0 Å². The molecule has 1 rings (SSSR count). The maximum absolute atomic E-state index is 12.6. The molecule has 0 saturated carbocycles. The third kappa shape index (κ3) is 2.80. The summed E-state index contributed by atoms with van der Waals surface area (Å²) in [6.45, 7) is 5.35. The Balaban J connectivity index is 2.69. The minimum absolute atomic E-state index is 0.0156. The van der Waals surface area contributed by atoms with E-state index < -0.39 is 0 Å². The summed E-state index contributed by atoms with van der Waals surface area (Å²) >= 11 is 0. The van der Waals surface area contributed by atoms with Gasteiger partial charge in [-0.15, -0.1) is 0 Å². The molecule has 0 aliphatic carbocycles. The number of hydrogen-bond acceptors (Lipinski definition) is 1. The molecule has 0 aliphatic rings. The molecule has 0 aromatic heterocycles. The summed E-state index contributed by atoms with van der Waals surface area (Å²) in [5, 5.41) is 0. The van der Waals surface area contributed by atoms with Crippen LogP contribution < -0.4 is 0 Å². The Kier molecular flexibility index (Phi) is 3.57. The van der Waals surface area contributed by atoms with E-state index in [0.717, 1.165) is 5.56 Å². The fourth-order valence-corrected chi connectivity index (χ4v) is 1.29. The predicted octanol–water partition coefficient (Wildman–Crippen LogP) is 3.07. The van der Waals surface area contributed by atoms with Crippen molar-refractivity contribution in [3.05, 3.63) is 48.3 Å². The van der Waals surface area contributed by atoms with Crippen LogP contribution in [0.2, 0.25) is 0 Å². The predicted molar refractivity (Wildman–Crippen MR) is 54.6 cm³/mol. The zero-order chi connectivity index (χ0) is 10.6. The van der Waals surface area contributed by atoms with Gasteiger partial charge in [-0.05, 0) is 29.7 Å². The fourth-order valence-electron chi connectivity index (χ4n) is 1.29. The van der Waals surface area contributed by atoms with Crippen molar-refractivity contribution in [3.8, 4) is 0 Å². The van der Waals surface area contributed by atoms with E-state index in [1.165, 1.54) is 18.2 Å². The van der Waals surface area contributed by atoms with Crippen molar-refractivity contribution >= 4 is 5.78 Å². The van der Waals surface area contributed by atoms with Gasteiger partial charge in [-0.25, -0.2) is 4.39 Å². The van der Waals surface area contributed by atoms with Crippen LogP contribution >= 0.6 is 0 Å². The summed E-state index contributed by atoms with van der Waals surface area (Å²) in [6, 6.07) is 6.22. The summed E-state index contributed by atoms with van der Waals surface area (Å²) in [5.74, 6) is -0.126. The second-order valence-corrected chi connectivity index (χ2v) is 3.33. The summed E-state index contributed by atoms with van der Waals surface area (Å²) in [4.78, 5) is 11.1. The molecule has 0 aliphatic heterocycles. The Morgan fingerprint density at radius 3 is 2.57 bits per heavy atom.